The second-order valence-corrected chi connectivity index (χ2v) is 5.05. The lowest BCUT2D eigenvalue weighted by Crippen LogP contribution is -2.29. The summed E-state index contributed by atoms with van der Waals surface area (Å²) in [4.78, 5) is 0. The van der Waals surface area contributed by atoms with Crippen molar-refractivity contribution >= 4 is 11.8 Å². The van der Waals surface area contributed by atoms with Gasteiger partial charge in [0.05, 0.1) is 5.92 Å². The van der Waals surface area contributed by atoms with E-state index in [0.29, 0.717) is 0 Å². The number of rotatable bonds is 4. The quantitative estimate of drug-likeness (QED) is 0.678. The fourth-order valence-corrected chi connectivity index (χ4v) is 1.84. The summed E-state index contributed by atoms with van der Waals surface area (Å²) in [6.45, 7) is 5.07. The first-order valence-electron chi connectivity index (χ1n) is 4.37. The smallest absolute Gasteiger partial charge is 0.171 e. The number of hydrogen-bond acceptors (Lipinski definition) is 1. The SMILES string of the molecule is CCC(C)(CC(C)C(F)(F)F)SC. The first kappa shape index (κ1) is 13.1. The van der Waals surface area contributed by atoms with Gasteiger partial charge in [0.25, 0.3) is 0 Å². The molecule has 2 unspecified atom stereocenters. The molecule has 80 valence electrons. The van der Waals surface area contributed by atoms with Gasteiger partial charge in [0.1, 0.15) is 0 Å². The van der Waals surface area contributed by atoms with Crippen LogP contribution in [0.25, 0.3) is 0 Å². The van der Waals surface area contributed by atoms with E-state index in [1.54, 1.807) is 0 Å². The Labute approximate surface area is 82.3 Å². The molecule has 0 N–H and O–H groups in total. The number of alkyl halides is 3. The van der Waals surface area contributed by atoms with Crippen LogP contribution >= 0.6 is 11.8 Å². The predicted molar refractivity (Wildman–Crippen MR) is 52.0 cm³/mol. The van der Waals surface area contributed by atoms with E-state index < -0.39 is 12.1 Å². The molecule has 4 heteroatoms. The summed E-state index contributed by atoms with van der Waals surface area (Å²) in [7, 11) is 0. The molecule has 0 rings (SSSR count). The van der Waals surface area contributed by atoms with Crippen LogP contribution in [0.1, 0.15) is 33.6 Å². The number of thioether (sulfide) groups is 1. The summed E-state index contributed by atoms with van der Waals surface area (Å²) in [6, 6.07) is 0. The fourth-order valence-electron chi connectivity index (χ4n) is 1.14. The molecule has 0 heterocycles. The normalized spacial score (nSPS) is 19.6. The van der Waals surface area contributed by atoms with Gasteiger partial charge in [0.15, 0.2) is 0 Å². The van der Waals surface area contributed by atoms with Gasteiger partial charge in [-0.1, -0.05) is 20.8 Å². The highest BCUT2D eigenvalue weighted by atomic mass is 32.2. The van der Waals surface area contributed by atoms with Gasteiger partial charge in [-0.15, -0.1) is 0 Å². The molecule has 0 aliphatic rings. The molecule has 0 aromatic rings. The lowest BCUT2D eigenvalue weighted by atomic mass is 9.94. The van der Waals surface area contributed by atoms with Crippen LogP contribution in [0.3, 0.4) is 0 Å². The summed E-state index contributed by atoms with van der Waals surface area (Å²) >= 11 is 1.52. The van der Waals surface area contributed by atoms with Crippen molar-refractivity contribution in [1.82, 2.24) is 0 Å². The molecule has 0 amide bonds. The topological polar surface area (TPSA) is 0 Å². The van der Waals surface area contributed by atoms with Crippen LogP contribution in [-0.2, 0) is 0 Å². The molecule has 0 nitrogen and oxygen atoms in total. The molecule has 0 aromatic carbocycles. The van der Waals surface area contributed by atoms with Gasteiger partial charge in [-0.3, -0.25) is 0 Å². The van der Waals surface area contributed by atoms with Gasteiger partial charge >= 0.3 is 6.18 Å². The Kier molecular flexibility index (Phi) is 4.63. The van der Waals surface area contributed by atoms with Crippen molar-refractivity contribution < 1.29 is 13.2 Å². The first-order valence-corrected chi connectivity index (χ1v) is 5.59. The minimum atomic E-state index is -4.05. The van der Waals surface area contributed by atoms with Gasteiger partial charge < -0.3 is 0 Å². The van der Waals surface area contributed by atoms with Gasteiger partial charge in [0, 0.05) is 4.75 Å². The molecule has 0 fully saturated rings. The van der Waals surface area contributed by atoms with Crippen molar-refractivity contribution in [3.63, 3.8) is 0 Å². The second kappa shape index (κ2) is 4.58. The molecular formula is C9H17F3S. The van der Waals surface area contributed by atoms with Crippen LogP contribution in [0.2, 0.25) is 0 Å². The Bertz CT molecular complexity index is 149. The molecule has 0 aliphatic carbocycles. The van der Waals surface area contributed by atoms with Crippen molar-refractivity contribution in [2.24, 2.45) is 5.92 Å². The summed E-state index contributed by atoms with van der Waals surface area (Å²) in [5.74, 6) is -1.20. The van der Waals surface area contributed by atoms with Gasteiger partial charge in [-0.25, -0.2) is 0 Å². The molecule has 2 atom stereocenters. The third kappa shape index (κ3) is 4.25. The van der Waals surface area contributed by atoms with Crippen LogP contribution in [0.5, 0.6) is 0 Å². The third-order valence-corrected chi connectivity index (χ3v) is 3.98. The van der Waals surface area contributed by atoms with Crippen molar-refractivity contribution in [3.05, 3.63) is 0 Å². The maximum absolute atomic E-state index is 12.2. The molecule has 13 heavy (non-hydrogen) atoms. The van der Waals surface area contributed by atoms with E-state index >= 15 is 0 Å². The van der Waals surface area contributed by atoms with Gasteiger partial charge in [-0.05, 0) is 19.1 Å². The van der Waals surface area contributed by atoms with Crippen molar-refractivity contribution in [2.45, 2.75) is 44.5 Å². The van der Waals surface area contributed by atoms with E-state index in [1.165, 1.54) is 18.7 Å². The lowest BCUT2D eigenvalue weighted by Gasteiger charge is -2.30. The Hall–Kier alpha value is 0.140. The van der Waals surface area contributed by atoms with E-state index in [4.69, 9.17) is 0 Å². The zero-order valence-corrected chi connectivity index (χ0v) is 9.35. The molecule has 0 bridgehead atoms. The van der Waals surface area contributed by atoms with Crippen LogP contribution in [0.15, 0.2) is 0 Å². The third-order valence-electron chi connectivity index (χ3n) is 2.54. The molecule has 0 saturated carbocycles. The molecular weight excluding hydrogens is 197 g/mol. The maximum atomic E-state index is 12.2. The summed E-state index contributed by atoms with van der Waals surface area (Å²) in [5.41, 5.74) is 0. The molecule has 0 aliphatic heterocycles. The molecule has 0 radical (unpaired) electrons. The number of hydrogen-bond donors (Lipinski definition) is 0. The van der Waals surface area contributed by atoms with Gasteiger partial charge in [0.2, 0.25) is 0 Å². The van der Waals surface area contributed by atoms with Crippen molar-refractivity contribution in [3.8, 4) is 0 Å². The highest BCUT2D eigenvalue weighted by Gasteiger charge is 2.39. The molecule has 0 saturated heterocycles. The lowest BCUT2D eigenvalue weighted by molar-refractivity contribution is -0.172. The van der Waals surface area contributed by atoms with Crippen LogP contribution in [-0.4, -0.2) is 17.2 Å². The average molecular weight is 214 g/mol. The Morgan fingerprint density at radius 1 is 1.31 bits per heavy atom. The van der Waals surface area contributed by atoms with Crippen LogP contribution < -0.4 is 0 Å². The van der Waals surface area contributed by atoms with E-state index in [1.807, 2.05) is 20.1 Å². The number of halogens is 3. The Morgan fingerprint density at radius 2 is 1.77 bits per heavy atom. The summed E-state index contributed by atoms with van der Waals surface area (Å²) < 4.78 is 36.5. The van der Waals surface area contributed by atoms with E-state index in [9.17, 15) is 13.2 Å². The van der Waals surface area contributed by atoms with E-state index in [-0.39, 0.29) is 11.2 Å². The Balaban J connectivity index is 4.25. The van der Waals surface area contributed by atoms with E-state index in [2.05, 4.69) is 0 Å². The average Bonchev–Trinajstić information content (AvgIpc) is 2.02. The zero-order chi connectivity index (χ0) is 10.7. The largest absolute Gasteiger partial charge is 0.391 e. The highest BCUT2D eigenvalue weighted by Crippen LogP contribution is 2.38. The standard InChI is InChI=1S/C9H17F3S/c1-5-8(3,13-4)6-7(2)9(10,11)12/h7H,5-6H2,1-4H3. The summed E-state index contributed by atoms with van der Waals surface area (Å²) in [6.07, 6.45) is -1.21. The first-order chi connectivity index (χ1) is 5.75. The van der Waals surface area contributed by atoms with Crippen LogP contribution in [0.4, 0.5) is 13.2 Å². The zero-order valence-electron chi connectivity index (χ0n) is 8.53. The second-order valence-electron chi connectivity index (χ2n) is 3.65. The van der Waals surface area contributed by atoms with Crippen LogP contribution in [0, 0.1) is 5.92 Å². The van der Waals surface area contributed by atoms with Crippen molar-refractivity contribution in [1.29, 1.82) is 0 Å². The maximum Gasteiger partial charge on any atom is 0.391 e. The Morgan fingerprint density at radius 3 is 2.00 bits per heavy atom. The fraction of sp³-hybridized carbons (Fsp3) is 1.00. The van der Waals surface area contributed by atoms with Gasteiger partial charge in [-0.2, -0.15) is 24.9 Å². The van der Waals surface area contributed by atoms with Crippen molar-refractivity contribution in [2.75, 3.05) is 6.26 Å². The monoisotopic (exact) mass is 214 g/mol. The highest BCUT2D eigenvalue weighted by molar-refractivity contribution is 7.99. The minimum absolute atomic E-state index is 0.203. The predicted octanol–water partition coefficient (Wildman–Crippen LogP) is 4.11. The molecule has 0 aromatic heterocycles. The minimum Gasteiger partial charge on any atom is -0.171 e. The molecule has 0 spiro atoms. The summed E-state index contributed by atoms with van der Waals surface area (Å²) in [5, 5.41) is 0. The van der Waals surface area contributed by atoms with E-state index in [0.717, 1.165) is 6.42 Å².